The first kappa shape index (κ1) is 15.6. The number of hydrogen-bond acceptors (Lipinski definition) is 4. The number of halogens is 6. The van der Waals surface area contributed by atoms with Crippen LogP contribution in [0.3, 0.4) is 0 Å². The van der Waals surface area contributed by atoms with Crippen LogP contribution in [0.1, 0.15) is 28.0 Å². The van der Waals surface area contributed by atoms with Gasteiger partial charge in [0.15, 0.2) is 0 Å². The van der Waals surface area contributed by atoms with Gasteiger partial charge in [-0.15, -0.1) is 13.2 Å². The normalized spacial score (nSPS) is 11.8. The molecule has 0 saturated heterocycles. The van der Waals surface area contributed by atoms with Crippen molar-refractivity contribution in [2.45, 2.75) is 19.3 Å². The van der Waals surface area contributed by atoms with Crippen molar-refractivity contribution in [2.24, 2.45) is 5.73 Å². The van der Waals surface area contributed by atoms with Gasteiger partial charge in [-0.1, -0.05) is 0 Å². The number of carbonyl (C=O) groups is 1. The molecule has 0 radical (unpaired) electrons. The molecule has 0 aliphatic rings. The number of carbonyl (C=O) groups excluding carboxylic acids is 1. The zero-order valence-corrected chi connectivity index (χ0v) is 9.73. The van der Waals surface area contributed by atoms with Crippen molar-refractivity contribution in [3.63, 3.8) is 0 Å². The Labute approximate surface area is 108 Å². The van der Waals surface area contributed by atoms with Gasteiger partial charge in [0.25, 0.3) is 11.7 Å². The third kappa shape index (κ3) is 4.00. The average Bonchev–Trinajstić information content (AvgIpc) is 2.25. The lowest BCUT2D eigenvalue weighted by molar-refractivity contribution is -0.276. The van der Waals surface area contributed by atoms with E-state index >= 15 is 0 Å². The maximum Gasteiger partial charge on any atom is 0.574 e. The molecule has 0 fully saturated rings. The summed E-state index contributed by atoms with van der Waals surface area (Å²) in [7, 11) is 0. The van der Waals surface area contributed by atoms with Crippen LogP contribution in [-0.2, 0) is 6.54 Å². The van der Waals surface area contributed by atoms with E-state index in [9.17, 15) is 26.7 Å². The van der Waals surface area contributed by atoms with E-state index in [1.165, 1.54) is 0 Å². The SMILES string of the molecule is NCc1nc(OC(F)(F)F)c(C(=O)Cl)cc1C(F)F. The summed E-state index contributed by atoms with van der Waals surface area (Å²) in [5, 5.41) is -1.41. The van der Waals surface area contributed by atoms with Crippen molar-refractivity contribution in [3.05, 3.63) is 22.9 Å². The monoisotopic (exact) mass is 304 g/mol. The number of nitrogens with zero attached hydrogens (tertiary/aromatic N) is 1. The Bertz CT molecular complexity index is 492. The Morgan fingerprint density at radius 2 is 2.05 bits per heavy atom. The standard InChI is InChI=1S/C9H6ClF5N2O2/c10-6(18)4-1-3(7(11)12)5(2-16)17-8(4)19-9(13,14)15/h1,7H,2,16H2. The van der Waals surface area contributed by atoms with Crippen LogP contribution in [0.5, 0.6) is 5.88 Å². The number of hydrogen-bond donors (Lipinski definition) is 1. The van der Waals surface area contributed by atoms with Gasteiger partial charge in [-0.25, -0.2) is 13.8 Å². The Balaban J connectivity index is 3.40. The lowest BCUT2D eigenvalue weighted by Crippen LogP contribution is -2.21. The molecule has 1 rings (SSSR count). The van der Waals surface area contributed by atoms with Crippen LogP contribution in [0.2, 0.25) is 0 Å². The molecule has 0 aromatic carbocycles. The summed E-state index contributed by atoms with van der Waals surface area (Å²) in [6, 6.07) is 0.482. The topological polar surface area (TPSA) is 65.2 Å². The molecule has 1 heterocycles. The maximum atomic E-state index is 12.6. The molecule has 4 nitrogen and oxygen atoms in total. The molecule has 106 valence electrons. The summed E-state index contributed by atoms with van der Waals surface area (Å²) >= 11 is 5.01. The molecule has 0 aliphatic carbocycles. The first-order chi connectivity index (χ1) is 8.65. The summed E-state index contributed by atoms with van der Waals surface area (Å²) in [5.41, 5.74) is 2.89. The Hall–Kier alpha value is -1.48. The van der Waals surface area contributed by atoms with Gasteiger partial charge in [-0.05, 0) is 17.7 Å². The Kier molecular flexibility index (Phi) is 4.64. The van der Waals surface area contributed by atoms with Crippen molar-refractivity contribution in [3.8, 4) is 5.88 Å². The summed E-state index contributed by atoms with van der Waals surface area (Å²) in [4.78, 5) is 14.1. The number of ether oxygens (including phenoxy) is 1. The van der Waals surface area contributed by atoms with E-state index in [1.54, 1.807) is 0 Å². The molecule has 0 spiro atoms. The van der Waals surface area contributed by atoms with Gasteiger partial charge < -0.3 is 10.5 Å². The molecular formula is C9H6ClF5N2O2. The number of pyridine rings is 1. The fourth-order valence-corrected chi connectivity index (χ4v) is 1.36. The first-order valence-electron chi connectivity index (χ1n) is 4.63. The van der Waals surface area contributed by atoms with E-state index in [2.05, 4.69) is 9.72 Å². The van der Waals surface area contributed by atoms with Crippen molar-refractivity contribution in [2.75, 3.05) is 0 Å². The molecule has 0 aliphatic heterocycles. The molecule has 0 amide bonds. The highest BCUT2D eigenvalue weighted by Gasteiger charge is 2.34. The van der Waals surface area contributed by atoms with Crippen molar-refractivity contribution < 1.29 is 31.5 Å². The minimum atomic E-state index is -5.15. The smallest absolute Gasteiger partial charge is 0.387 e. The van der Waals surface area contributed by atoms with E-state index in [0.29, 0.717) is 6.07 Å². The van der Waals surface area contributed by atoms with E-state index in [0.717, 1.165) is 0 Å². The summed E-state index contributed by atoms with van der Waals surface area (Å²) in [6.07, 6.45) is -8.22. The van der Waals surface area contributed by atoms with E-state index in [1.807, 2.05) is 0 Å². The number of rotatable bonds is 4. The minimum absolute atomic E-state index is 0.482. The predicted molar refractivity (Wildman–Crippen MR) is 54.0 cm³/mol. The largest absolute Gasteiger partial charge is 0.574 e. The van der Waals surface area contributed by atoms with Gasteiger partial charge in [0.2, 0.25) is 5.88 Å². The maximum absolute atomic E-state index is 12.6. The van der Waals surface area contributed by atoms with Gasteiger partial charge in [0.05, 0.1) is 11.3 Å². The van der Waals surface area contributed by atoms with Crippen LogP contribution in [0.4, 0.5) is 22.0 Å². The Morgan fingerprint density at radius 3 is 2.42 bits per heavy atom. The molecule has 0 bridgehead atoms. The lowest BCUT2D eigenvalue weighted by Gasteiger charge is -2.14. The van der Waals surface area contributed by atoms with Crippen molar-refractivity contribution >= 4 is 16.8 Å². The molecule has 10 heteroatoms. The van der Waals surface area contributed by atoms with Crippen molar-refractivity contribution in [1.29, 1.82) is 0 Å². The highest BCUT2D eigenvalue weighted by atomic mass is 35.5. The first-order valence-corrected chi connectivity index (χ1v) is 5.01. The van der Waals surface area contributed by atoms with E-state index < -0.39 is 47.3 Å². The number of nitrogens with two attached hydrogens (primary N) is 1. The zero-order valence-electron chi connectivity index (χ0n) is 8.97. The van der Waals surface area contributed by atoms with Crippen LogP contribution in [0.25, 0.3) is 0 Å². The molecule has 2 N–H and O–H groups in total. The number of aromatic nitrogens is 1. The van der Waals surface area contributed by atoms with Crippen LogP contribution in [0.15, 0.2) is 6.07 Å². The van der Waals surface area contributed by atoms with Gasteiger partial charge >= 0.3 is 6.36 Å². The lowest BCUT2D eigenvalue weighted by atomic mass is 10.1. The van der Waals surface area contributed by atoms with Gasteiger partial charge in [-0.3, -0.25) is 4.79 Å². The quantitative estimate of drug-likeness (QED) is 0.686. The van der Waals surface area contributed by atoms with Crippen LogP contribution in [-0.4, -0.2) is 16.6 Å². The number of alkyl halides is 5. The molecule has 0 unspecified atom stereocenters. The average molecular weight is 305 g/mol. The van der Waals surface area contributed by atoms with E-state index in [-0.39, 0.29) is 0 Å². The zero-order chi connectivity index (χ0) is 14.8. The molecule has 1 aromatic heterocycles. The summed E-state index contributed by atoms with van der Waals surface area (Å²) in [5.74, 6) is -1.21. The van der Waals surface area contributed by atoms with Crippen LogP contribution < -0.4 is 10.5 Å². The van der Waals surface area contributed by atoms with E-state index in [4.69, 9.17) is 17.3 Å². The summed E-state index contributed by atoms with van der Waals surface area (Å²) in [6.45, 7) is -0.551. The minimum Gasteiger partial charge on any atom is -0.387 e. The third-order valence-corrected chi connectivity index (χ3v) is 2.16. The Morgan fingerprint density at radius 1 is 1.47 bits per heavy atom. The second kappa shape index (κ2) is 5.66. The second-order valence-corrected chi connectivity index (χ2v) is 3.55. The van der Waals surface area contributed by atoms with Gasteiger partial charge in [-0.2, -0.15) is 0 Å². The third-order valence-electron chi connectivity index (χ3n) is 1.95. The summed E-state index contributed by atoms with van der Waals surface area (Å²) < 4.78 is 64.9. The predicted octanol–water partition coefficient (Wildman–Crippen LogP) is 2.76. The fourth-order valence-electron chi connectivity index (χ4n) is 1.23. The molecule has 0 atom stereocenters. The highest BCUT2D eigenvalue weighted by Crippen LogP contribution is 2.31. The molecule has 19 heavy (non-hydrogen) atoms. The van der Waals surface area contributed by atoms with Gasteiger partial charge in [0.1, 0.15) is 0 Å². The van der Waals surface area contributed by atoms with Gasteiger partial charge in [0, 0.05) is 12.1 Å². The molecular weight excluding hydrogens is 299 g/mol. The van der Waals surface area contributed by atoms with Crippen LogP contribution in [0, 0.1) is 0 Å². The van der Waals surface area contributed by atoms with Crippen LogP contribution >= 0.6 is 11.6 Å². The molecule has 0 saturated carbocycles. The fraction of sp³-hybridized carbons (Fsp3) is 0.333. The highest BCUT2D eigenvalue weighted by molar-refractivity contribution is 6.68. The molecule has 1 aromatic rings. The van der Waals surface area contributed by atoms with Crippen molar-refractivity contribution in [1.82, 2.24) is 4.98 Å². The second-order valence-electron chi connectivity index (χ2n) is 3.20.